The van der Waals surface area contributed by atoms with Gasteiger partial charge in [-0.3, -0.25) is 4.79 Å². The molecule has 0 radical (unpaired) electrons. The molecule has 0 spiro atoms. The van der Waals surface area contributed by atoms with Crippen molar-refractivity contribution in [1.82, 2.24) is 0 Å². The van der Waals surface area contributed by atoms with Crippen molar-refractivity contribution in [2.75, 3.05) is 0 Å². The summed E-state index contributed by atoms with van der Waals surface area (Å²) in [5.74, 6) is 0.397. The molecule has 1 aliphatic rings. The van der Waals surface area contributed by atoms with Crippen molar-refractivity contribution in [2.45, 2.75) is 47.0 Å². The van der Waals surface area contributed by atoms with E-state index in [2.05, 4.69) is 59.8 Å². The van der Waals surface area contributed by atoms with E-state index >= 15 is 0 Å². The second kappa shape index (κ2) is 5.05. The molecule has 20 heavy (non-hydrogen) atoms. The van der Waals surface area contributed by atoms with Crippen LogP contribution in [0, 0.1) is 5.92 Å². The Kier molecular flexibility index (Phi) is 3.73. The summed E-state index contributed by atoms with van der Waals surface area (Å²) in [4.78, 5) is 11.5. The van der Waals surface area contributed by atoms with E-state index in [9.17, 15) is 4.79 Å². The van der Waals surface area contributed by atoms with E-state index in [0.29, 0.717) is 5.92 Å². The third-order valence-electron chi connectivity index (χ3n) is 4.32. The van der Waals surface area contributed by atoms with Gasteiger partial charge in [0.15, 0.2) is 6.29 Å². The molecule has 0 bridgehead atoms. The van der Waals surface area contributed by atoms with Crippen LogP contribution in [0.5, 0.6) is 0 Å². The fourth-order valence-corrected chi connectivity index (χ4v) is 2.93. The maximum atomic E-state index is 11.5. The SMILES string of the molecule is CC1=CC(C)=C(c2ccc(C(C)(C)C)cc2C=O)C1C. The molecule has 0 heterocycles. The molecule has 1 aromatic rings. The minimum atomic E-state index is 0.0647. The predicted molar refractivity (Wildman–Crippen MR) is 86.0 cm³/mol. The zero-order valence-corrected chi connectivity index (χ0v) is 13.4. The van der Waals surface area contributed by atoms with Crippen molar-refractivity contribution in [3.63, 3.8) is 0 Å². The summed E-state index contributed by atoms with van der Waals surface area (Å²) in [6.45, 7) is 13.0. The van der Waals surface area contributed by atoms with Gasteiger partial charge in [-0.1, -0.05) is 51.5 Å². The molecule has 0 saturated heterocycles. The van der Waals surface area contributed by atoms with Crippen LogP contribution in [-0.2, 0) is 5.41 Å². The van der Waals surface area contributed by atoms with Crippen LogP contribution in [0.3, 0.4) is 0 Å². The highest BCUT2D eigenvalue weighted by Gasteiger charge is 2.23. The molecule has 0 N–H and O–H groups in total. The number of carbonyl (C=O) groups is 1. The summed E-state index contributed by atoms with van der Waals surface area (Å²) >= 11 is 0. The van der Waals surface area contributed by atoms with Crippen LogP contribution >= 0.6 is 0 Å². The highest BCUT2D eigenvalue weighted by molar-refractivity contribution is 5.89. The zero-order valence-electron chi connectivity index (χ0n) is 13.4. The number of hydrogen-bond donors (Lipinski definition) is 0. The number of benzene rings is 1. The minimum absolute atomic E-state index is 0.0647. The monoisotopic (exact) mass is 268 g/mol. The third-order valence-corrected chi connectivity index (χ3v) is 4.32. The van der Waals surface area contributed by atoms with Gasteiger partial charge in [0.05, 0.1) is 0 Å². The average molecular weight is 268 g/mol. The first-order valence-corrected chi connectivity index (χ1v) is 7.24. The van der Waals surface area contributed by atoms with Crippen molar-refractivity contribution in [3.05, 3.63) is 52.1 Å². The lowest BCUT2D eigenvalue weighted by Crippen LogP contribution is -2.12. The molecule has 1 unspecified atom stereocenters. The molecule has 1 nitrogen and oxygen atoms in total. The maximum Gasteiger partial charge on any atom is 0.150 e. The second-order valence-corrected chi connectivity index (χ2v) is 6.88. The van der Waals surface area contributed by atoms with Crippen molar-refractivity contribution in [1.29, 1.82) is 0 Å². The fourth-order valence-electron chi connectivity index (χ4n) is 2.93. The largest absolute Gasteiger partial charge is 0.298 e. The molecular weight excluding hydrogens is 244 g/mol. The van der Waals surface area contributed by atoms with Crippen LogP contribution in [0.1, 0.15) is 63.0 Å². The van der Waals surface area contributed by atoms with E-state index in [0.717, 1.165) is 17.4 Å². The summed E-state index contributed by atoms with van der Waals surface area (Å²) in [6, 6.07) is 6.32. The standard InChI is InChI=1S/C19H24O/c1-12-9-13(2)18(14(12)3)17-8-7-16(19(4,5)6)10-15(17)11-20/h7-11,14H,1-6H3. The Balaban J connectivity index is 2.55. The highest BCUT2D eigenvalue weighted by atomic mass is 16.1. The smallest absolute Gasteiger partial charge is 0.150 e. The number of aldehydes is 1. The lowest BCUT2D eigenvalue weighted by atomic mass is 9.82. The molecule has 1 atom stereocenters. The quantitative estimate of drug-likeness (QED) is 0.677. The van der Waals surface area contributed by atoms with Gasteiger partial charge >= 0.3 is 0 Å². The average Bonchev–Trinajstić information content (AvgIpc) is 2.61. The molecule has 1 aliphatic carbocycles. The summed E-state index contributed by atoms with van der Waals surface area (Å²) < 4.78 is 0. The predicted octanol–water partition coefficient (Wildman–Crippen LogP) is 5.17. The van der Waals surface area contributed by atoms with Crippen molar-refractivity contribution >= 4 is 11.9 Å². The van der Waals surface area contributed by atoms with E-state index in [1.54, 1.807) is 0 Å². The normalized spacial score (nSPS) is 19.3. The van der Waals surface area contributed by atoms with E-state index in [-0.39, 0.29) is 5.41 Å². The van der Waals surface area contributed by atoms with Crippen LogP contribution in [0.15, 0.2) is 35.4 Å². The van der Waals surface area contributed by atoms with Crippen molar-refractivity contribution in [3.8, 4) is 0 Å². The number of rotatable bonds is 2. The van der Waals surface area contributed by atoms with E-state index < -0.39 is 0 Å². The van der Waals surface area contributed by atoms with Gasteiger partial charge in [0.25, 0.3) is 0 Å². The van der Waals surface area contributed by atoms with Gasteiger partial charge in [-0.15, -0.1) is 0 Å². The maximum absolute atomic E-state index is 11.5. The number of hydrogen-bond acceptors (Lipinski definition) is 1. The summed E-state index contributed by atoms with van der Waals surface area (Å²) in [7, 11) is 0. The number of carbonyl (C=O) groups excluding carboxylic acids is 1. The first kappa shape index (κ1) is 14.8. The topological polar surface area (TPSA) is 17.1 Å². The highest BCUT2D eigenvalue weighted by Crippen LogP contribution is 2.39. The van der Waals surface area contributed by atoms with Crippen LogP contribution in [0.4, 0.5) is 0 Å². The van der Waals surface area contributed by atoms with Crippen LogP contribution in [0.2, 0.25) is 0 Å². The zero-order chi connectivity index (χ0) is 15.1. The molecule has 2 rings (SSSR count). The molecule has 0 fully saturated rings. The van der Waals surface area contributed by atoms with Crippen molar-refractivity contribution in [2.24, 2.45) is 5.92 Å². The Labute approximate surface area is 122 Å². The molecule has 0 aliphatic heterocycles. The Morgan fingerprint density at radius 3 is 2.25 bits per heavy atom. The van der Waals surface area contributed by atoms with Gasteiger partial charge in [0.1, 0.15) is 0 Å². The van der Waals surface area contributed by atoms with Gasteiger partial charge in [0.2, 0.25) is 0 Å². The van der Waals surface area contributed by atoms with Gasteiger partial charge in [-0.2, -0.15) is 0 Å². The molecule has 1 heteroatoms. The Morgan fingerprint density at radius 2 is 1.80 bits per heavy atom. The van der Waals surface area contributed by atoms with Gasteiger partial charge in [0, 0.05) is 11.5 Å². The fraction of sp³-hybridized carbons (Fsp3) is 0.421. The number of allylic oxidation sites excluding steroid dienone is 4. The molecular formula is C19H24O. The van der Waals surface area contributed by atoms with Crippen LogP contribution in [0.25, 0.3) is 5.57 Å². The van der Waals surface area contributed by atoms with Gasteiger partial charge in [-0.25, -0.2) is 0 Å². The minimum Gasteiger partial charge on any atom is -0.298 e. The van der Waals surface area contributed by atoms with E-state index in [1.807, 2.05) is 6.07 Å². The first-order chi connectivity index (χ1) is 9.25. The molecule has 106 valence electrons. The lowest BCUT2D eigenvalue weighted by molar-refractivity contribution is 0.112. The Hall–Kier alpha value is -1.63. The Bertz CT molecular complexity index is 609. The van der Waals surface area contributed by atoms with Crippen LogP contribution in [-0.4, -0.2) is 6.29 Å². The molecule has 0 saturated carbocycles. The third kappa shape index (κ3) is 2.49. The second-order valence-electron chi connectivity index (χ2n) is 6.88. The molecule has 0 aromatic heterocycles. The lowest BCUT2D eigenvalue weighted by Gasteiger charge is -2.22. The first-order valence-electron chi connectivity index (χ1n) is 7.24. The van der Waals surface area contributed by atoms with Gasteiger partial charge < -0.3 is 0 Å². The Morgan fingerprint density at radius 1 is 1.15 bits per heavy atom. The van der Waals surface area contributed by atoms with E-state index in [1.165, 1.54) is 22.3 Å². The summed E-state index contributed by atoms with van der Waals surface area (Å²) in [6.07, 6.45) is 3.22. The summed E-state index contributed by atoms with van der Waals surface area (Å²) in [5, 5.41) is 0. The van der Waals surface area contributed by atoms with Gasteiger partial charge in [-0.05, 0) is 47.6 Å². The van der Waals surface area contributed by atoms with Crippen molar-refractivity contribution < 1.29 is 4.79 Å². The summed E-state index contributed by atoms with van der Waals surface area (Å²) in [5.41, 5.74) is 7.11. The molecule has 0 amide bonds. The molecule has 1 aromatic carbocycles. The van der Waals surface area contributed by atoms with E-state index in [4.69, 9.17) is 0 Å². The van der Waals surface area contributed by atoms with Crippen LogP contribution < -0.4 is 0 Å².